The smallest absolute Gasteiger partial charge is 0.388 e. The summed E-state index contributed by atoms with van der Waals surface area (Å²) in [5, 5.41) is 25.2. The average molecular weight is 682 g/mol. The number of fused-ring (bicyclic) bond motifs is 1. The molecule has 1 saturated carbocycles. The van der Waals surface area contributed by atoms with Gasteiger partial charge in [-0.15, -0.1) is 0 Å². The molecular formula is C36H46KN6O5+. The Morgan fingerprint density at radius 2 is 1.71 bits per heavy atom. The maximum Gasteiger partial charge on any atom is 1.00 e. The van der Waals surface area contributed by atoms with Crippen molar-refractivity contribution in [1.29, 1.82) is 0 Å². The van der Waals surface area contributed by atoms with Gasteiger partial charge in [-0.05, 0) is 68.6 Å². The molecule has 0 saturated heterocycles. The molecule has 48 heavy (non-hydrogen) atoms. The maximum absolute atomic E-state index is 14.5. The third-order valence-electron chi connectivity index (χ3n) is 9.72. The van der Waals surface area contributed by atoms with E-state index in [1.54, 1.807) is 0 Å². The van der Waals surface area contributed by atoms with E-state index in [1.807, 2.05) is 54.1 Å². The zero-order valence-electron chi connectivity index (χ0n) is 28.8. The van der Waals surface area contributed by atoms with Crippen molar-refractivity contribution < 1.29 is 71.2 Å². The Bertz CT molecular complexity index is 1790. The summed E-state index contributed by atoms with van der Waals surface area (Å²) in [4.78, 5) is 28.4. The molecule has 0 spiro atoms. The average Bonchev–Trinajstić information content (AvgIpc) is 3.71. The van der Waals surface area contributed by atoms with Crippen LogP contribution in [-0.2, 0) is 22.4 Å². The summed E-state index contributed by atoms with van der Waals surface area (Å²) in [6, 6.07) is 16.0. The molecule has 4 aromatic rings. The van der Waals surface area contributed by atoms with Gasteiger partial charge in [-0.1, -0.05) is 75.7 Å². The molecule has 12 heteroatoms. The van der Waals surface area contributed by atoms with Crippen LogP contribution < -0.4 is 62.4 Å². The summed E-state index contributed by atoms with van der Waals surface area (Å²) in [7, 11) is 0. The molecule has 250 valence electrons. The van der Waals surface area contributed by atoms with Gasteiger partial charge in [0.25, 0.3) is 12.0 Å². The van der Waals surface area contributed by atoms with Crippen LogP contribution in [0.15, 0.2) is 58.3 Å². The molecule has 0 radical (unpaired) electrons. The molecule has 2 aromatic heterocycles. The van der Waals surface area contributed by atoms with Crippen molar-refractivity contribution in [3.8, 4) is 11.1 Å². The van der Waals surface area contributed by atoms with Gasteiger partial charge in [0.15, 0.2) is 5.84 Å². The number of hydrogen-bond donors (Lipinski definition) is 3. The summed E-state index contributed by atoms with van der Waals surface area (Å²) in [5.41, 5.74) is 7.36. The van der Waals surface area contributed by atoms with Crippen molar-refractivity contribution in [2.75, 3.05) is 6.61 Å². The Labute approximate surface area is 324 Å². The predicted octanol–water partition coefficient (Wildman–Crippen LogP) is 2.02. The molecule has 3 heterocycles. The summed E-state index contributed by atoms with van der Waals surface area (Å²) >= 11 is 0. The predicted molar refractivity (Wildman–Crippen MR) is 180 cm³/mol. The number of aryl methyl sites for hydroxylation is 2. The second-order valence-corrected chi connectivity index (χ2v) is 12.8. The van der Waals surface area contributed by atoms with E-state index in [9.17, 15) is 15.0 Å². The molecule has 3 N–H and O–H groups in total. The number of nitrogens with one attached hydrogen (secondary N) is 1. The Kier molecular flexibility index (Phi) is 12.5. The van der Waals surface area contributed by atoms with Crippen LogP contribution in [0.3, 0.4) is 0 Å². The maximum atomic E-state index is 14.5. The standard InChI is InChI=1S/C36H46N6O5.K/c1-5-10-31-30(21-24-13-15-25(16-14-24)28-11-8-9-12-29(28)32-38-35(44)47-40-32)33(43)41(34-37-23(4)39-42(31)34)26-17-19-27(20-18-26)46-22-36(45,6-2)7-3;/h8-9,11-16,26-27,35,44-45H,5-7,10,17-22H2,1-4H3,(H,38,40);/q;+1. The van der Waals surface area contributed by atoms with Crippen LogP contribution in [0.1, 0.15) is 100.0 Å². The number of aliphatic imine (C=N–C) groups is 1. The first-order chi connectivity index (χ1) is 22.7. The van der Waals surface area contributed by atoms with Crippen LogP contribution in [-0.4, -0.2) is 59.9 Å². The van der Waals surface area contributed by atoms with E-state index in [1.165, 1.54) is 0 Å². The molecule has 2 aromatic carbocycles. The van der Waals surface area contributed by atoms with E-state index in [-0.39, 0.29) is 69.1 Å². The molecule has 1 unspecified atom stereocenters. The summed E-state index contributed by atoms with van der Waals surface area (Å²) in [6.45, 7) is 8.31. The molecule has 11 nitrogen and oxygen atoms in total. The number of hydrogen-bond acceptors (Lipinski definition) is 9. The Hall–Kier alpha value is -2.26. The van der Waals surface area contributed by atoms with Crippen LogP contribution in [0.2, 0.25) is 0 Å². The van der Waals surface area contributed by atoms with Crippen molar-refractivity contribution in [1.82, 2.24) is 24.6 Å². The van der Waals surface area contributed by atoms with E-state index in [4.69, 9.17) is 19.7 Å². The molecule has 6 rings (SSSR count). The van der Waals surface area contributed by atoms with Crippen molar-refractivity contribution in [3.05, 3.63) is 87.1 Å². The first-order valence-corrected chi connectivity index (χ1v) is 16.9. The largest absolute Gasteiger partial charge is 1.00 e. The fourth-order valence-electron chi connectivity index (χ4n) is 6.77. The number of ether oxygens (including phenoxy) is 1. The normalized spacial score (nSPS) is 19.6. The number of aliphatic hydroxyl groups is 2. The SMILES string of the molecule is CCCc1c(Cc2ccc(-c3ccccc3C3=NC(O)ON3)cc2)c(=O)n(C2CCC(OCC(O)(CC)CC)CC2)c2nc(C)nn12.[K+]. The Morgan fingerprint density at radius 1 is 1.02 bits per heavy atom. The van der Waals surface area contributed by atoms with Gasteiger partial charge in [0.2, 0.25) is 5.78 Å². The van der Waals surface area contributed by atoms with Crippen LogP contribution >= 0.6 is 0 Å². The molecular weight excluding hydrogens is 636 g/mol. The van der Waals surface area contributed by atoms with Gasteiger partial charge in [0.05, 0.1) is 24.0 Å². The van der Waals surface area contributed by atoms with Gasteiger partial charge >= 0.3 is 51.4 Å². The fourth-order valence-corrected chi connectivity index (χ4v) is 6.77. The van der Waals surface area contributed by atoms with Gasteiger partial charge in [-0.2, -0.15) is 10.1 Å². The molecule has 1 aliphatic carbocycles. The molecule has 0 amide bonds. The van der Waals surface area contributed by atoms with Gasteiger partial charge < -0.3 is 14.9 Å². The number of rotatable bonds is 12. The molecule has 1 fully saturated rings. The topological polar surface area (TPSA) is 136 Å². The molecule has 0 bridgehead atoms. The number of amidine groups is 1. The number of nitrogens with zero attached hydrogens (tertiary/aromatic N) is 5. The molecule has 1 atom stereocenters. The number of aromatic nitrogens is 4. The third-order valence-corrected chi connectivity index (χ3v) is 9.72. The minimum atomic E-state index is -1.23. The van der Waals surface area contributed by atoms with Crippen LogP contribution in [0.4, 0.5) is 0 Å². The van der Waals surface area contributed by atoms with Gasteiger partial charge in [-0.3, -0.25) is 9.36 Å². The quantitative estimate of drug-likeness (QED) is 0.194. The van der Waals surface area contributed by atoms with Gasteiger partial charge in [0, 0.05) is 23.6 Å². The zero-order chi connectivity index (χ0) is 33.1. The van der Waals surface area contributed by atoms with Gasteiger partial charge in [-0.25, -0.2) is 19.8 Å². The zero-order valence-corrected chi connectivity index (χ0v) is 31.9. The Balaban J connectivity index is 0.00000451. The minimum Gasteiger partial charge on any atom is -0.388 e. The monoisotopic (exact) mass is 681 g/mol. The minimum absolute atomic E-state index is 0. The van der Waals surface area contributed by atoms with Crippen LogP contribution in [0.5, 0.6) is 0 Å². The second-order valence-electron chi connectivity index (χ2n) is 12.8. The van der Waals surface area contributed by atoms with Crippen molar-refractivity contribution in [3.63, 3.8) is 0 Å². The third kappa shape index (κ3) is 7.87. The number of benzene rings is 2. The van der Waals surface area contributed by atoms with Crippen LogP contribution in [0, 0.1) is 6.92 Å². The number of aliphatic hydroxyl groups excluding tert-OH is 1. The second kappa shape index (κ2) is 16.2. The van der Waals surface area contributed by atoms with Crippen molar-refractivity contribution in [2.24, 2.45) is 4.99 Å². The fraction of sp³-hybridized carbons (Fsp3) is 0.500. The van der Waals surface area contributed by atoms with Crippen LogP contribution in [0.25, 0.3) is 16.9 Å². The van der Waals surface area contributed by atoms with Crippen molar-refractivity contribution >= 4 is 11.6 Å². The van der Waals surface area contributed by atoms with E-state index in [0.29, 0.717) is 43.3 Å². The van der Waals surface area contributed by atoms with E-state index in [2.05, 4.69) is 41.7 Å². The van der Waals surface area contributed by atoms with Gasteiger partial charge in [0.1, 0.15) is 5.82 Å². The summed E-state index contributed by atoms with van der Waals surface area (Å²) < 4.78 is 9.96. The summed E-state index contributed by atoms with van der Waals surface area (Å²) in [5.74, 6) is 1.73. The molecule has 2 aliphatic rings. The van der Waals surface area contributed by atoms with E-state index < -0.39 is 12.0 Å². The first kappa shape index (κ1) is 37.0. The first-order valence-electron chi connectivity index (χ1n) is 16.9. The Morgan fingerprint density at radius 3 is 2.33 bits per heavy atom. The van der Waals surface area contributed by atoms with E-state index >= 15 is 0 Å². The molecule has 1 aliphatic heterocycles. The van der Waals surface area contributed by atoms with Crippen molar-refractivity contribution in [2.45, 2.75) is 110 Å². The van der Waals surface area contributed by atoms with E-state index in [0.717, 1.165) is 72.0 Å². The summed E-state index contributed by atoms with van der Waals surface area (Å²) in [6.07, 6.45) is 5.47. The number of hydroxylamine groups is 1.